The molecule has 1 aliphatic heterocycles. The van der Waals surface area contributed by atoms with E-state index in [4.69, 9.17) is 5.11 Å². The molecule has 2 unspecified atom stereocenters. The fourth-order valence-corrected chi connectivity index (χ4v) is 1.42. The van der Waals surface area contributed by atoms with Gasteiger partial charge in [-0.15, -0.1) is 0 Å². The van der Waals surface area contributed by atoms with Gasteiger partial charge in [0.1, 0.15) is 0 Å². The van der Waals surface area contributed by atoms with Crippen LogP contribution in [0.5, 0.6) is 0 Å². The van der Waals surface area contributed by atoms with Crippen LogP contribution in [-0.2, 0) is 9.59 Å². The van der Waals surface area contributed by atoms with E-state index in [0.717, 1.165) is 13.0 Å². The highest BCUT2D eigenvalue weighted by atomic mass is 16.4. The summed E-state index contributed by atoms with van der Waals surface area (Å²) in [6.07, 6.45) is 0.766. The molecule has 0 aromatic rings. The van der Waals surface area contributed by atoms with Crippen LogP contribution in [0, 0.1) is 5.92 Å². The van der Waals surface area contributed by atoms with Crippen molar-refractivity contribution in [2.45, 2.75) is 19.4 Å². The van der Waals surface area contributed by atoms with Crippen molar-refractivity contribution < 1.29 is 14.7 Å². The number of rotatable bonds is 4. The molecule has 0 aliphatic carbocycles. The molecule has 1 rings (SSSR count). The number of nitrogens with one attached hydrogen (secondary N) is 1. The number of hydrogen-bond acceptors (Lipinski definition) is 3. The van der Waals surface area contributed by atoms with Crippen LogP contribution in [0.25, 0.3) is 0 Å². The lowest BCUT2D eigenvalue weighted by Gasteiger charge is -2.13. The second-order valence-electron chi connectivity index (χ2n) is 3.75. The number of carbonyl (C=O) groups excluding carboxylic acids is 1. The van der Waals surface area contributed by atoms with Crippen molar-refractivity contribution in [3.05, 3.63) is 0 Å². The molecule has 0 bridgehead atoms. The number of likely N-dealkylation sites (N-methyl/N-ethyl adjacent to an activating group) is 1. The van der Waals surface area contributed by atoms with Crippen LogP contribution in [0.2, 0.25) is 0 Å². The fraction of sp³-hybridized carbons (Fsp3) is 0.778. The Morgan fingerprint density at radius 3 is 2.86 bits per heavy atom. The van der Waals surface area contributed by atoms with Crippen LogP contribution >= 0.6 is 0 Å². The van der Waals surface area contributed by atoms with Crippen LogP contribution in [-0.4, -0.2) is 48.1 Å². The first-order valence-corrected chi connectivity index (χ1v) is 4.73. The Morgan fingerprint density at radius 1 is 1.79 bits per heavy atom. The number of nitrogens with zero attached hydrogens (tertiary/aromatic N) is 1. The molecule has 1 saturated heterocycles. The summed E-state index contributed by atoms with van der Waals surface area (Å²) in [5.74, 6) is -1.23. The predicted octanol–water partition coefficient (Wildman–Crippen LogP) is -0.473. The normalized spacial score (nSPS) is 24.0. The molecule has 0 aromatic carbocycles. The highest BCUT2D eigenvalue weighted by molar-refractivity contribution is 5.83. The summed E-state index contributed by atoms with van der Waals surface area (Å²) in [5.41, 5.74) is 0. The lowest BCUT2D eigenvalue weighted by Crippen LogP contribution is -2.40. The van der Waals surface area contributed by atoms with Crippen molar-refractivity contribution in [3.8, 4) is 0 Å². The van der Waals surface area contributed by atoms with E-state index in [1.165, 1.54) is 0 Å². The van der Waals surface area contributed by atoms with Gasteiger partial charge in [0.25, 0.3) is 0 Å². The first-order chi connectivity index (χ1) is 6.52. The van der Waals surface area contributed by atoms with E-state index < -0.39 is 11.9 Å². The maximum atomic E-state index is 11.4. The first kappa shape index (κ1) is 11.0. The molecule has 2 N–H and O–H groups in total. The quantitative estimate of drug-likeness (QED) is 0.643. The highest BCUT2D eigenvalue weighted by Gasteiger charge is 2.29. The van der Waals surface area contributed by atoms with Gasteiger partial charge in [-0.05, 0) is 6.42 Å². The molecule has 1 aliphatic rings. The molecule has 5 nitrogen and oxygen atoms in total. The van der Waals surface area contributed by atoms with Crippen LogP contribution in [0.15, 0.2) is 0 Å². The monoisotopic (exact) mass is 200 g/mol. The Hall–Kier alpha value is -1.10. The van der Waals surface area contributed by atoms with Crippen molar-refractivity contribution in [2.24, 2.45) is 5.92 Å². The van der Waals surface area contributed by atoms with Gasteiger partial charge in [0.15, 0.2) is 0 Å². The second-order valence-corrected chi connectivity index (χ2v) is 3.75. The Morgan fingerprint density at radius 2 is 2.43 bits per heavy atom. The van der Waals surface area contributed by atoms with Gasteiger partial charge in [-0.25, -0.2) is 0 Å². The third kappa shape index (κ3) is 2.45. The lowest BCUT2D eigenvalue weighted by molar-refractivity contribution is -0.141. The fourth-order valence-electron chi connectivity index (χ4n) is 1.42. The predicted molar refractivity (Wildman–Crippen MR) is 50.8 cm³/mol. The molecular weight excluding hydrogens is 184 g/mol. The molecule has 2 atom stereocenters. The Kier molecular flexibility index (Phi) is 3.46. The summed E-state index contributed by atoms with van der Waals surface area (Å²) < 4.78 is 0. The molecular formula is C9H16N2O3. The van der Waals surface area contributed by atoms with E-state index in [9.17, 15) is 9.59 Å². The maximum Gasteiger partial charge on any atom is 0.307 e. The molecule has 0 aromatic heterocycles. The summed E-state index contributed by atoms with van der Waals surface area (Å²) in [6.45, 7) is 2.72. The minimum atomic E-state index is -0.837. The zero-order chi connectivity index (χ0) is 10.7. The smallest absolute Gasteiger partial charge is 0.307 e. The van der Waals surface area contributed by atoms with Gasteiger partial charge in [-0.2, -0.15) is 0 Å². The summed E-state index contributed by atoms with van der Waals surface area (Å²) in [6, 6.07) is -0.193. The third-order valence-electron chi connectivity index (χ3n) is 2.52. The molecule has 80 valence electrons. The number of carbonyl (C=O) groups is 2. The zero-order valence-corrected chi connectivity index (χ0v) is 8.49. The number of aliphatic carboxylic acids is 1. The number of carboxylic acids is 1. The molecule has 0 spiro atoms. The molecule has 1 amide bonds. The van der Waals surface area contributed by atoms with E-state index in [1.807, 2.05) is 0 Å². The minimum absolute atomic E-state index is 0.0580. The number of carboxylic acid groups (broad SMARTS) is 1. The molecule has 1 heterocycles. The van der Waals surface area contributed by atoms with Crippen molar-refractivity contribution in [3.63, 3.8) is 0 Å². The summed E-state index contributed by atoms with van der Waals surface area (Å²) in [4.78, 5) is 23.6. The van der Waals surface area contributed by atoms with Crippen LogP contribution in [0.1, 0.15) is 13.3 Å². The van der Waals surface area contributed by atoms with Gasteiger partial charge < -0.3 is 15.3 Å². The van der Waals surface area contributed by atoms with Crippen LogP contribution in [0.4, 0.5) is 0 Å². The molecule has 1 fully saturated rings. The van der Waals surface area contributed by atoms with E-state index >= 15 is 0 Å². The first-order valence-electron chi connectivity index (χ1n) is 4.73. The van der Waals surface area contributed by atoms with E-state index in [2.05, 4.69) is 5.32 Å². The van der Waals surface area contributed by atoms with Crippen LogP contribution < -0.4 is 5.32 Å². The van der Waals surface area contributed by atoms with E-state index in [0.29, 0.717) is 6.54 Å². The van der Waals surface area contributed by atoms with Gasteiger partial charge in [-0.3, -0.25) is 9.59 Å². The molecule has 14 heavy (non-hydrogen) atoms. The van der Waals surface area contributed by atoms with Gasteiger partial charge in [-0.1, -0.05) is 6.92 Å². The van der Waals surface area contributed by atoms with Crippen molar-refractivity contribution in [1.82, 2.24) is 10.2 Å². The second kappa shape index (κ2) is 4.41. The maximum absolute atomic E-state index is 11.4. The van der Waals surface area contributed by atoms with Crippen molar-refractivity contribution >= 4 is 11.9 Å². The minimum Gasteiger partial charge on any atom is -0.481 e. The Balaban J connectivity index is 2.32. The summed E-state index contributed by atoms with van der Waals surface area (Å²) >= 11 is 0. The van der Waals surface area contributed by atoms with E-state index in [1.54, 1.807) is 18.9 Å². The highest BCUT2D eigenvalue weighted by Crippen LogP contribution is 2.08. The van der Waals surface area contributed by atoms with Gasteiger partial charge in [0.05, 0.1) is 12.0 Å². The Labute approximate surface area is 83.1 Å². The Bertz CT molecular complexity index is 242. The number of hydrogen-bond donors (Lipinski definition) is 2. The summed E-state index contributed by atoms with van der Waals surface area (Å²) in [5, 5.41) is 11.6. The lowest BCUT2D eigenvalue weighted by atomic mass is 10.1. The standard InChI is InChI=1S/C9H16N2O3/c1-6(9(13)14)5-10-7-3-4-11(2)8(7)12/h6-7,10H,3-5H2,1-2H3,(H,13,14). The summed E-state index contributed by atoms with van der Waals surface area (Å²) in [7, 11) is 1.75. The van der Waals surface area contributed by atoms with Gasteiger partial charge >= 0.3 is 5.97 Å². The SMILES string of the molecule is CC(CNC1CCN(C)C1=O)C(=O)O. The number of likely N-dealkylation sites (tertiary alicyclic amines) is 1. The molecule has 0 saturated carbocycles. The van der Waals surface area contributed by atoms with E-state index in [-0.39, 0.29) is 11.9 Å². The molecule has 5 heteroatoms. The number of amides is 1. The zero-order valence-electron chi connectivity index (χ0n) is 8.49. The van der Waals surface area contributed by atoms with Crippen molar-refractivity contribution in [2.75, 3.05) is 20.1 Å². The average molecular weight is 200 g/mol. The van der Waals surface area contributed by atoms with Crippen LogP contribution in [0.3, 0.4) is 0 Å². The van der Waals surface area contributed by atoms with Gasteiger partial charge in [0.2, 0.25) is 5.91 Å². The third-order valence-corrected chi connectivity index (χ3v) is 2.52. The topological polar surface area (TPSA) is 69.6 Å². The van der Waals surface area contributed by atoms with Crippen molar-refractivity contribution in [1.29, 1.82) is 0 Å². The average Bonchev–Trinajstić information content (AvgIpc) is 2.44. The molecule has 0 radical (unpaired) electrons. The van der Waals surface area contributed by atoms with Gasteiger partial charge in [0, 0.05) is 20.1 Å². The largest absolute Gasteiger partial charge is 0.481 e.